The number of carbonyl (C=O) groups is 2. The standard InChI is InChI=1S/C17H25NO4S/c1-21-17(20)9-10-18(13-14-5-3-11-22-14)16(19)8-2-6-15-7-4-12-23-15/h4,7,12,14H,2-3,5-6,8-11,13H2,1H3/t14-/m0/s1. The number of methoxy groups -OCH3 is 1. The molecule has 1 saturated heterocycles. The molecule has 0 aromatic carbocycles. The fourth-order valence-corrected chi connectivity index (χ4v) is 3.46. The number of aryl methyl sites for hydroxylation is 1. The van der Waals surface area contributed by atoms with E-state index in [1.54, 1.807) is 16.2 Å². The maximum absolute atomic E-state index is 12.5. The van der Waals surface area contributed by atoms with Crippen molar-refractivity contribution < 1.29 is 19.1 Å². The van der Waals surface area contributed by atoms with Crippen LogP contribution in [0.25, 0.3) is 0 Å². The molecule has 0 aliphatic carbocycles. The SMILES string of the molecule is COC(=O)CCN(C[C@@H]1CCCO1)C(=O)CCCc1cccs1. The lowest BCUT2D eigenvalue weighted by atomic mass is 10.1. The largest absolute Gasteiger partial charge is 0.469 e. The molecule has 1 amide bonds. The lowest BCUT2D eigenvalue weighted by molar-refractivity contribution is -0.142. The average molecular weight is 339 g/mol. The maximum atomic E-state index is 12.5. The Balaban J connectivity index is 1.80. The summed E-state index contributed by atoms with van der Waals surface area (Å²) < 4.78 is 10.3. The molecule has 2 rings (SSSR count). The number of carbonyl (C=O) groups excluding carboxylic acids is 2. The summed E-state index contributed by atoms with van der Waals surface area (Å²) in [6.45, 7) is 1.75. The second-order valence-electron chi connectivity index (χ2n) is 5.73. The van der Waals surface area contributed by atoms with Gasteiger partial charge in [-0.25, -0.2) is 0 Å². The van der Waals surface area contributed by atoms with E-state index < -0.39 is 0 Å². The van der Waals surface area contributed by atoms with Gasteiger partial charge in [-0.2, -0.15) is 0 Å². The Bertz CT molecular complexity index is 483. The molecule has 6 heteroatoms. The highest BCUT2D eigenvalue weighted by molar-refractivity contribution is 7.09. The van der Waals surface area contributed by atoms with Gasteiger partial charge in [0.2, 0.25) is 5.91 Å². The molecule has 2 heterocycles. The van der Waals surface area contributed by atoms with Crippen LogP contribution in [0.3, 0.4) is 0 Å². The van der Waals surface area contributed by atoms with Gasteiger partial charge >= 0.3 is 5.97 Å². The van der Waals surface area contributed by atoms with Gasteiger partial charge in [0.05, 0.1) is 19.6 Å². The summed E-state index contributed by atoms with van der Waals surface area (Å²) in [5.41, 5.74) is 0. The van der Waals surface area contributed by atoms with Crippen LogP contribution < -0.4 is 0 Å². The Morgan fingerprint density at radius 2 is 2.30 bits per heavy atom. The fourth-order valence-electron chi connectivity index (χ4n) is 2.71. The number of nitrogens with zero attached hydrogens (tertiary/aromatic N) is 1. The molecule has 23 heavy (non-hydrogen) atoms. The van der Waals surface area contributed by atoms with Gasteiger partial charge in [0.1, 0.15) is 0 Å². The Morgan fingerprint density at radius 1 is 1.43 bits per heavy atom. The topological polar surface area (TPSA) is 55.8 Å². The number of hydrogen-bond donors (Lipinski definition) is 0. The van der Waals surface area contributed by atoms with Crippen molar-refractivity contribution in [2.75, 3.05) is 26.8 Å². The summed E-state index contributed by atoms with van der Waals surface area (Å²) in [6, 6.07) is 4.12. The third-order valence-electron chi connectivity index (χ3n) is 4.01. The van der Waals surface area contributed by atoms with Crippen molar-refractivity contribution in [3.05, 3.63) is 22.4 Å². The van der Waals surface area contributed by atoms with Gasteiger partial charge in [-0.05, 0) is 37.1 Å². The van der Waals surface area contributed by atoms with Crippen molar-refractivity contribution in [1.29, 1.82) is 0 Å². The minimum Gasteiger partial charge on any atom is -0.469 e. The first-order valence-electron chi connectivity index (χ1n) is 8.17. The third kappa shape index (κ3) is 6.31. The molecule has 1 aromatic heterocycles. The first kappa shape index (κ1) is 17.9. The summed E-state index contributed by atoms with van der Waals surface area (Å²) in [6.07, 6.45) is 4.63. The van der Waals surface area contributed by atoms with E-state index in [4.69, 9.17) is 4.74 Å². The monoisotopic (exact) mass is 339 g/mol. The Labute approximate surface area is 141 Å². The van der Waals surface area contributed by atoms with Crippen LogP contribution in [0.1, 0.15) is 37.0 Å². The smallest absolute Gasteiger partial charge is 0.307 e. The zero-order chi connectivity index (χ0) is 16.5. The molecule has 1 atom stereocenters. The van der Waals surface area contributed by atoms with Crippen molar-refractivity contribution >= 4 is 23.2 Å². The summed E-state index contributed by atoms with van der Waals surface area (Å²) in [7, 11) is 1.37. The van der Waals surface area contributed by atoms with E-state index >= 15 is 0 Å². The van der Waals surface area contributed by atoms with E-state index in [1.165, 1.54) is 12.0 Å². The van der Waals surface area contributed by atoms with E-state index in [1.807, 2.05) is 6.07 Å². The average Bonchev–Trinajstić information content (AvgIpc) is 3.24. The molecule has 1 aliphatic rings. The number of esters is 1. The van der Waals surface area contributed by atoms with Gasteiger partial charge in [0, 0.05) is 31.0 Å². The van der Waals surface area contributed by atoms with Gasteiger partial charge in [-0.15, -0.1) is 11.3 Å². The molecule has 0 radical (unpaired) electrons. The number of amides is 1. The zero-order valence-corrected chi connectivity index (χ0v) is 14.5. The van der Waals surface area contributed by atoms with Crippen molar-refractivity contribution in [3.8, 4) is 0 Å². The van der Waals surface area contributed by atoms with Gasteiger partial charge in [-0.1, -0.05) is 6.07 Å². The van der Waals surface area contributed by atoms with Gasteiger partial charge < -0.3 is 14.4 Å². The van der Waals surface area contributed by atoms with Crippen molar-refractivity contribution in [3.63, 3.8) is 0 Å². The molecule has 0 N–H and O–H groups in total. The van der Waals surface area contributed by atoms with E-state index in [0.29, 0.717) is 19.5 Å². The second-order valence-corrected chi connectivity index (χ2v) is 6.77. The lowest BCUT2D eigenvalue weighted by Crippen LogP contribution is -2.38. The summed E-state index contributed by atoms with van der Waals surface area (Å²) in [4.78, 5) is 26.9. The molecule has 128 valence electrons. The van der Waals surface area contributed by atoms with Crippen molar-refractivity contribution in [2.45, 2.75) is 44.6 Å². The maximum Gasteiger partial charge on any atom is 0.307 e. The Morgan fingerprint density at radius 3 is 2.96 bits per heavy atom. The van der Waals surface area contributed by atoms with Gasteiger partial charge in [0.15, 0.2) is 0 Å². The van der Waals surface area contributed by atoms with E-state index in [0.717, 1.165) is 32.3 Å². The molecule has 0 saturated carbocycles. The molecular weight excluding hydrogens is 314 g/mol. The van der Waals surface area contributed by atoms with Crippen LogP contribution in [0.4, 0.5) is 0 Å². The van der Waals surface area contributed by atoms with Crippen LogP contribution in [0.5, 0.6) is 0 Å². The predicted molar refractivity (Wildman–Crippen MR) is 89.4 cm³/mol. The molecule has 0 bridgehead atoms. The predicted octanol–water partition coefficient (Wildman–Crippen LogP) is 2.64. The highest BCUT2D eigenvalue weighted by Crippen LogP contribution is 2.16. The minimum absolute atomic E-state index is 0.0981. The molecule has 0 spiro atoms. The van der Waals surface area contributed by atoms with E-state index in [2.05, 4.69) is 16.2 Å². The van der Waals surface area contributed by atoms with Gasteiger partial charge in [0.25, 0.3) is 0 Å². The number of ether oxygens (including phenoxy) is 2. The Kier molecular flexibility index (Phi) is 7.55. The highest BCUT2D eigenvalue weighted by atomic mass is 32.1. The highest BCUT2D eigenvalue weighted by Gasteiger charge is 2.23. The fraction of sp³-hybridized carbons (Fsp3) is 0.647. The second kappa shape index (κ2) is 9.67. The number of thiophene rings is 1. The lowest BCUT2D eigenvalue weighted by Gasteiger charge is -2.25. The summed E-state index contributed by atoms with van der Waals surface area (Å²) in [5.74, 6) is -0.185. The molecule has 1 aromatic rings. The summed E-state index contributed by atoms with van der Waals surface area (Å²) >= 11 is 1.72. The van der Waals surface area contributed by atoms with Crippen LogP contribution in [-0.2, 0) is 25.5 Å². The first-order valence-corrected chi connectivity index (χ1v) is 9.05. The molecule has 1 fully saturated rings. The van der Waals surface area contributed by atoms with E-state index in [9.17, 15) is 9.59 Å². The normalized spacial score (nSPS) is 17.2. The van der Waals surface area contributed by atoms with Crippen LogP contribution in [0.2, 0.25) is 0 Å². The van der Waals surface area contributed by atoms with Crippen LogP contribution in [0.15, 0.2) is 17.5 Å². The minimum atomic E-state index is -0.284. The van der Waals surface area contributed by atoms with Crippen LogP contribution in [-0.4, -0.2) is 49.7 Å². The van der Waals surface area contributed by atoms with Crippen LogP contribution in [0, 0.1) is 0 Å². The molecule has 5 nitrogen and oxygen atoms in total. The van der Waals surface area contributed by atoms with Crippen molar-refractivity contribution in [2.24, 2.45) is 0 Å². The number of rotatable bonds is 9. The molecular formula is C17H25NO4S. The van der Waals surface area contributed by atoms with Gasteiger partial charge in [-0.3, -0.25) is 9.59 Å². The first-order chi connectivity index (χ1) is 11.2. The Hall–Kier alpha value is -1.40. The number of hydrogen-bond acceptors (Lipinski definition) is 5. The summed E-state index contributed by atoms with van der Waals surface area (Å²) in [5, 5.41) is 2.05. The zero-order valence-electron chi connectivity index (χ0n) is 13.7. The third-order valence-corrected chi connectivity index (χ3v) is 4.94. The van der Waals surface area contributed by atoms with E-state index in [-0.39, 0.29) is 24.4 Å². The molecule has 0 unspecified atom stereocenters. The quantitative estimate of drug-likeness (QED) is 0.649. The van der Waals surface area contributed by atoms with Crippen molar-refractivity contribution in [1.82, 2.24) is 4.90 Å². The van der Waals surface area contributed by atoms with Crippen LogP contribution >= 0.6 is 11.3 Å². The molecule has 1 aliphatic heterocycles.